The summed E-state index contributed by atoms with van der Waals surface area (Å²) in [5.41, 5.74) is 21.8. The molecule has 0 nitrogen and oxygen atoms in total. The molecule has 0 spiro atoms. The van der Waals surface area contributed by atoms with Crippen LogP contribution in [0.5, 0.6) is 0 Å². The SMILES string of the molecule is CCC1(C)c2ccccc2-c2ccc(-c3ccc4c(c3)-c3cccc5c(-c6ccc7c(c6)C(C)(C)c6ccccc6-7)c6ccccc6c-4c35)cc21. The van der Waals surface area contributed by atoms with Gasteiger partial charge in [-0.2, -0.15) is 0 Å². The van der Waals surface area contributed by atoms with Gasteiger partial charge >= 0.3 is 0 Å². The van der Waals surface area contributed by atoms with Crippen LogP contribution in [-0.4, -0.2) is 0 Å². The first-order valence-corrected chi connectivity index (χ1v) is 18.5. The van der Waals surface area contributed by atoms with Crippen molar-refractivity contribution in [3.63, 3.8) is 0 Å². The predicted molar refractivity (Wildman–Crippen MR) is 217 cm³/mol. The Kier molecular flexibility index (Phi) is 5.67. The fourth-order valence-electron chi connectivity index (χ4n) is 10.2. The lowest BCUT2D eigenvalue weighted by atomic mass is 9.77. The topological polar surface area (TPSA) is 0 Å². The highest BCUT2D eigenvalue weighted by molar-refractivity contribution is 6.29. The van der Waals surface area contributed by atoms with Crippen LogP contribution < -0.4 is 0 Å². The zero-order chi connectivity index (χ0) is 34.2. The molecule has 8 aromatic carbocycles. The largest absolute Gasteiger partial charge is 0.0642 e. The lowest BCUT2D eigenvalue weighted by Gasteiger charge is -2.26. The Morgan fingerprint density at radius 2 is 0.902 bits per heavy atom. The molecule has 0 aliphatic heterocycles. The van der Waals surface area contributed by atoms with E-state index in [1.54, 1.807) is 0 Å². The van der Waals surface area contributed by atoms with E-state index in [0.29, 0.717) is 0 Å². The Balaban J connectivity index is 1.11. The lowest BCUT2D eigenvalue weighted by Crippen LogP contribution is -2.19. The van der Waals surface area contributed by atoms with Crippen LogP contribution in [-0.2, 0) is 10.8 Å². The summed E-state index contributed by atoms with van der Waals surface area (Å²) in [7, 11) is 0. The van der Waals surface area contributed by atoms with E-state index in [4.69, 9.17) is 0 Å². The second-order valence-corrected chi connectivity index (χ2v) is 15.7. The third-order valence-corrected chi connectivity index (χ3v) is 13.0. The van der Waals surface area contributed by atoms with Gasteiger partial charge in [-0.1, -0.05) is 155 Å². The van der Waals surface area contributed by atoms with Crippen LogP contribution >= 0.6 is 0 Å². The summed E-state index contributed by atoms with van der Waals surface area (Å²) in [6.07, 6.45) is 1.08. The van der Waals surface area contributed by atoms with E-state index in [1.165, 1.54) is 111 Å². The molecule has 3 aliphatic rings. The van der Waals surface area contributed by atoms with Gasteiger partial charge in [0.2, 0.25) is 0 Å². The quantitative estimate of drug-likeness (QED) is 0.167. The zero-order valence-electron chi connectivity index (χ0n) is 29.6. The summed E-state index contributed by atoms with van der Waals surface area (Å²) in [6, 6.07) is 55.6. The second kappa shape index (κ2) is 9.95. The minimum atomic E-state index is -0.0475. The summed E-state index contributed by atoms with van der Waals surface area (Å²) < 4.78 is 0. The van der Waals surface area contributed by atoms with E-state index in [-0.39, 0.29) is 10.8 Å². The molecule has 0 aromatic heterocycles. The van der Waals surface area contributed by atoms with E-state index in [2.05, 4.69) is 173 Å². The van der Waals surface area contributed by atoms with Crippen LogP contribution in [0.4, 0.5) is 0 Å². The van der Waals surface area contributed by atoms with Crippen LogP contribution in [0.25, 0.3) is 88.3 Å². The first-order valence-electron chi connectivity index (χ1n) is 18.5. The highest BCUT2D eigenvalue weighted by Crippen LogP contribution is 2.56. The van der Waals surface area contributed by atoms with Gasteiger partial charge in [-0.25, -0.2) is 0 Å². The highest BCUT2D eigenvalue weighted by atomic mass is 14.4. The molecule has 0 N–H and O–H groups in total. The molecule has 0 saturated heterocycles. The van der Waals surface area contributed by atoms with Crippen molar-refractivity contribution in [1.82, 2.24) is 0 Å². The molecule has 8 aromatic rings. The smallest absolute Gasteiger partial charge is 0.0184 e. The molecule has 0 radical (unpaired) electrons. The first-order chi connectivity index (χ1) is 24.9. The molecular formula is C51H38. The Labute approximate surface area is 300 Å². The number of benzene rings is 8. The van der Waals surface area contributed by atoms with Gasteiger partial charge in [0.15, 0.2) is 0 Å². The lowest BCUT2D eigenvalue weighted by molar-refractivity contribution is 0.565. The molecule has 51 heavy (non-hydrogen) atoms. The van der Waals surface area contributed by atoms with Gasteiger partial charge in [0.05, 0.1) is 0 Å². The van der Waals surface area contributed by atoms with Crippen LogP contribution in [0.3, 0.4) is 0 Å². The Morgan fingerprint density at radius 3 is 1.67 bits per heavy atom. The Bertz CT molecular complexity index is 2830. The van der Waals surface area contributed by atoms with E-state index in [0.717, 1.165) is 6.42 Å². The van der Waals surface area contributed by atoms with E-state index in [9.17, 15) is 0 Å². The average Bonchev–Trinajstić information content (AvgIpc) is 3.73. The number of rotatable bonds is 3. The van der Waals surface area contributed by atoms with Crippen LogP contribution in [0, 0.1) is 0 Å². The van der Waals surface area contributed by atoms with Crippen molar-refractivity contribution in [2.45, 2.75) is 44.9 Å². The molecule has 1 atom stereocenters. The predicted octanol–water partition coefficient (Wildman–Crippen LogP) is 14.0. The van der Waals surface area contributed by atoms with Crippen molar-refractivity contribution in [1.29, 1.82) is 0 Å². The minimum Gasteiger partial charge on any atom is -0.0642 e. The van der Waals surface area contributed by atoms with E-state index in [1.807, 2.05) is 0 Å². The third-order valence-electron chi connectivity index (χ3n) is 13.0. The van der Waals surface area contributed by atoms with Crippen molar-refractivity contribution in [2.75, 3.05) is 0 Å². The molecule has 0 bridgehead atoms. The molecular weight excluding hydrogens is 613 g/mol. The molecule has 242 valence electrons. The maximum absolute atomic E-state index is 2.49. The Hall–Kier alpha value is -5.72. The fourth-order valence-corrected chi connectivity index (χ4v) is 10.2. The molecule has 0 fully saturated rings. The normalized spacial score (nSPS) is 16.9. The van der Waals surface area contributed by atoms with Crippen molar-refractivity contribution < 1.29 is 0 Å². The van der Waals surface area contributed by atoms with Crippen molar-refractivity contribution in [3.8, 4) is 66.8 Å². The van der Waals surface area contributed by atoms with Crippen LogP contribution in [0.2, 0.25) is 0 Å². The first kappa shape index (κ1) is 29.1. The van der Waals surface area contributed by atoms with Crippen molar-refractivity contribution >= 4 is 21.5 Å². The standard InChI is InChI=1S/C51H38/c1-5-51(4)44-20-11-9-14-34(44)36-24-21-31(28-46(36)51)30-22-26-40-42(27-30)39-17-12-18-41-47(37-15-6-7-16-38(37)48(40)49(39)41)32-23-25-35-33-13-8-10-19-43(33)50(2,3)45(35)29-32/h6-29H,5H2,1-4H3. The zero-order valence-corrected chi connectivity index (χ0v) is 29.6. The van der Waals surface area contributed by atoms with Gasteiger partial charge in [-0.05, 0) is 135 Å². The van der Waals surface area contributed by atoms with Gasteiger partial charge < -0.3 is 0 Å². The van der Waals surface area contributed by atoms with Crippen LogP contribution in [0.15, 0.2) is 146 Å². The number of fused-ring (bicyclic) bond motifs is 11. The minimum absolute atomic E-state index is 0.0192. The van der Waals surface area contributed by atoms with Gasteiger partial charge in [0.25, 0.3) is 0 Å². The molecule has 0 heterocycles. The second-order valence-electron chi connectivity index (χ2n) is 15.7. The summed E-state index contributed by atoms with van der Waals surface area (Å²) >= 11 is 0. The van der Waals surface area contributed by atoms with Gasteiger partial charge in [-0.15, -0.1) is 0 Å². The molecule has 0 amide bonds. The number of hydrogen-bond acceptors (Lipinski definition) is 0. The average molecular weight is 651 g/mol. The number of hydrogen-bond donors (Lipinski definition) is 0. The van der Waals surface area contributed by atoms with Gasteiger partial charge in [0.1, 0.15) is 0 Å². The summed E-state index contributed by atoms with van der Waals surface area (Å²) in [5.74, 6) is 0. The molecule has 0 saturated carbocycles. The maximum atomic E-state index is 2.49. The maximum Gasteiger partial charge on any atom is 0.0184 e. The molecule has 11 rings (SSSR count). The van der Waals surface area contributed by atoms with Gasteiger partial charge in [0, 0.05) is 10.8 Å². The monoisotopic (exact) mass is 650 g/mol. The van der Waals surface area contributed by atoms with E-state index < -0.39 is 0 Å². The summed E-state index contributed by atoms with van der Waals surface area (Å²) in [5, 5.41) is 5.36. The summed E-state index contributed by atoms with van der Waals surface area (Å²) in [4.78, 5) is 0. The fraction of sp³-hybridized carbons (Fsp3) is 0.137. The van der Waals surface area contributed by atoms with Crippen LogP contribution in [0.1, 0.15) is 56.4 Å². The Morgan fingerprint density at radius 1 is 0.373 bits per heavy atom. The van der Waals surface area contributed by atoms with Gasteiger partial charge in [-0.3, -0.25) is 0 Å². The molecule has 1 unspecified atom stereocenters. The molecule has 0 heteroatoms. The summed E-state index contributed by atoms with van der Waals surface area (Å²) in [6.45, 7) is 9.51. The van der Waals surface area contributed by atoms with Crippen molar-refractivity contribution in [3.05, 3.63) is 168 Å². The third kappa shape index (κ3) is 3.65. The van der Waals surface area contributed by atoms with E-state index >= 15 is 0 Å². The molecule has 3 aliphatic carbocycles. The highest BCUT2D eigenvalue weighted by Gasteiger charge is 2.38. The van der Waals surface area contributed by atoms with Crippen molar-refractivity contribution in [2.24, 2.45) is 0 Å².